The molecule has 0 aromatic heterocycles. The van der Waals surface area contributed by atoms with Gasteiger partial charge in [-0.1, -0.05) is 37.8 Å². The molecule has 0 saturated heterocycles. The van der Waals surface area contributed by atoms with E-state index in [0.717, 1.165) is 5.56 Å². The highest BCUT2D eigenvalue weighted by Gasteiger charge is 1.97. The van der Waals surface area contributed by atoms with Crippen molar-refractivity contribution in [3.63, 3.8) is 0 Å². The molecule has 0 saturated carbocycles. The average Bonchev–Trinajstić information content (AvgIpc) is 2.03. The zero-order valence-corrected chi connectivity index (χ0v) is 8.49. The van der Waals surface area contributed by atoms with Crippen LogP contribution in [0.4, 0.5) is 0 Å². The van der Waals surface area contributed by atoms with Crippen molar-refractivity contribution in [3.05, 3.63) is 35.9 Å². The van der Waals surface area contributed by atoms with Gasteiger partial charge in [0.1, 0.15) is 0 Å². The molecular formula is C12H22O2. The van der Waals surface area contributed by atoms with Crippen LogP contribution in [0.5, 0.6) is 0 Å². The van der Waals surface area contributed by atoms with Gasteiger partial charge in [0, 0.05) is 0 Å². The van der Waals surface area contributed by atoms with Gasteiger partial charge in [-0.15, -0.1) is 0 Å². The van der Waals surface area contributed by atoms with E-state index in [1.807, 2.05) is 30.3 Å². The Morgan fingerprint density at radius 1 is 1.07 bits per heavy atom. The van der Waals surface area contributed by atoms with E-state index in [1.54, 1.807) is 20.8 Å². The minimum atomic E-state index is -0.500. The maximum Gasteiger partial charge on any atom is 0.0681 e. The molecule has 0 amide bonds. The van der Waals surface area contributed by atoms with Crippen LogP contribution in [0.1, 0.15) is 33.8 Å². The lowest BCUT2D eigenvalue weighted by molar-refractivity contribution is 0.102. The molecule has 0 radical (unpaired) electrons. The molecule has 1 aromatic carbocycles. The summed E-state index contributed by atoms with van der Waals surface area (Å²) in [5.41, 5.74) is 0.465. The van der Waals surface area contributed by atoms with Gasteiger partial charge in [0.15, 0.2) is 0 Å². The van der Waals surface area contributed by atoms with Crippen molar-refractivity contribution < 1.29 is 10.2 Å². The van der Waals surface area contributed by atoms with Crippen LogP contribution < -0.4 is 0 Å². The fourth-order valence-corrected chi connectivity index (χ4v) is 0.583. The van der Waals surface area contributed by atoms with Gasteiger partial charge in [0.05, 0.1) is 12.2 Å². The first-order chi connectivity index (χ1) is 5.93. The molecule has 1 aromatic rings. The van der Waals surface area contributed by atoms with Crippen LogP contribution in [0.25, 0.3) is 0 Å². The summed E-state index contributed by atoms with van der Waals surface area (Å²) in [6, 6.07) is 9.52. The second kappa shape index (κ2) is 7.54. The third-order valence-corrected chi connectivity index (χ3v) is 1.03. The molecule has 14 heavy (non-hydrogen) atoms. The Morgan fingerprint density at radius 2 is 1.43 bits per heavy atom. The number of benzene rings is 1. The Balaban J connectivity index is 0. The molecule has 0 bridgehead atoms. The van der Waals surface area contributed by atoms with Gasteiger partial charge in [-0.05, 0) is 26.3 Å². The molecule has 82 valence electrons. The number of hydrogen-bond acceptors (Lipinski definition) is 2. The van der Waals surface area contributed by atoms with E-state index in [4.69, 9.17) is 10.2 Å². The molecule has 1 rings (SSSR count). The normalized spacial score (nSPS) is 9.50. The van der Waals surface area contributed by atoms with Gasteiger partial charge < -0.3 is 10.2 Å². The molecule has 0 atom stereocenters. The summed E-state index contributed by atoms with van der Waals surface area (Å²) >= 11 is 0. The molecular weight excluding hydrogens is 176 g/mol. The average molecular weight is 198 g/mol. The second-order valence-electron chi connectivity index (χ2n) is 3.81. The van der Waals surface area contributed by atoms with Crippen molar-refractivity contribution in [3.8, 4) is 0 Å². The van der Waals surface area contributed by atoms with Crippen LogP contribution in [0.2, 0.25) is 0 Å². The van der Waals surface area contributed by atoms with Gasteiger partial charge in [0.2, 0.25) is 0 Å². The van der Waals surface area contributed by atoms with Gasteiger partial charge in [-0.3, -0.25) is 0 Å². The third-order valence-electron chi connectivity index (χ3n) is 1.03. The third kappa shape index (κ3) is 13.7. The first-order valence-corrected chi connectivity index (χ1v) is 4.30. The van der Waals surface area contributed by atoms with Gasteiger partial charge >= 0.3 is 0 Å². The minimum Gasteiger partial charge on any atom is -0.392 e. The monoisotopic (exact) mass is 198 g/mol. The van der Waals surface area contributed by atoms with Crippen LogP contribution in [0.15, 0.2) is 30.3 Å². The van der Waals surface area contributed by atoms with Crippen LogP contribution in [-0.2, 0) is 6.61 Å². The first-order valence-electron chi connectivity index (χ1n) is 4.30. The van der Waals surface area contributed by atoms with Crippen LogP contribution in [0, 0.1) is 0 Å². The van der Waals surface area contributed by atoms with Crippen molar-refractivity contribution in [1.29, 1.82) is 0 Å². The highest BCUT2D eigenvalue weighted by Crippen LogP contribution is 1.95. The Labute approximate surface area is 87.2 Å². The summed E-state index contributed by atoms with van der Waals surface area (Å²) in [4.78, 5) is 0. The second-order valence-corrected chi connectivity index (χ2v) is 3.81. The first kappa shape index (κ1) is 15.6. The van der Waals surface area contributed by atoms with Gasteiger partial charge in [0.25, 0.3) is 0 Å². The molecule has 0 aliphatic carbocycles. The summed E-state index contributed by atoms with van der Waals surface area (Å²) in [5, 5.41) is 17.1. The molecule has 0 aliphatic heterocycles. The summed E-state index contributed by atoms with van der Waals surface area (Å²) in [7, 11) is 0. The van der Waals surface area contributed by atoms with E-state index in [-0.39, 0.29) is 14.0 Å². The molecule has 2 nitrogen and oxygen atoms in total. The lowest BCUT2D eigenvalue weighted by Gasteiger charge is -2.04. The van der Waals surface area contributed by atoms with Crippen molar-refractivity contribution in [2.24, 2.45) is 0 Å². The maximum atomic E-state index is 8.54. The summed E-state index contributed by atoms with van der Waals surface area (Å²) in [6.07, 6.45) is 0. The molecule has 0 spiro atoms. The molecule has 2 heteroatoms. The largest absolute Gasteiger partial charge is 0.392 e. The van der Waals surface area contributed by atoms with Crippen LogP contribution in [0.3, 0.4) is 0 Å². The predicted octanol–water partition coefficient (Wildman–Crippen LogP) is 2.59. The highest BCUT2D eigenvalue weighted by atomic mass is 16.3. The lowest BCUT2D eigenvalue weighted by atomic mass is 10.2. The SMILES string of the molecule is C.CC(C)(C)O.OCc1ccccc1. The van der Waals surface area contributed by atoms with E-state index in [2.05, 4.69) is 0 Å². The molecule has 0 fully saturated rings. The predicted molar refractivity (Wildman–Crippen MR) is 61.1 cm³/mol. The fourth-order valence-electron chi connectivity index (χ4n) is 0.583. The molecule has 2 N–H and O–H groups in total. The smallest absolute Gasteiger partial charge is 0.0681 e. The van der Waals surface area contributed by atoms with Gasteiger partial charge in [-0.25, -0.2) is 0 Å². The van der Waals surface area contributed by atoms with Gasteiger partial charge in [-0.2, -0.15) is 0 Å². The van der Waals surface area contributed by atoms with Crippen molar-refractivity contribution in [2.45, 2.75) is 40.4 Å². The summed E-state index contributed by atoms with van der Waals surface area (Å²) in [6.45, 7) is 5.37. The Morgan fingerprint density at radius 3 is 1.64 bits per heavy atom. The molecule has 0 unspecified atom stereocenters. The maximum absolute atomic E-state index is 8.54. The summed E-state index contributed by atoms with van der Waals surface area (Å²) in [5.74, 6) is 0. The van der Waals surface area contributed by atoms with E-state index >= 15 is 0 Å². The van der Waals surface area contributed by atoms with Crippen molar-refractivity contribution >= 4 is 0 Å². The van der Waals surface area contributed by atoms with E-state index in [9.17, 15) is 0 Å². The topological polar surface area (TPSA) is 40.5 Å². The zero-order valence-electron chi connectivity index (χ0n) is 8.49. The summed E-state index contributed by atoms with van der Waals surface area (Å²) < 4.78 is 0. The van der Waals surface area contributed by atoms with E-state index in [1.165, 1.54) is 0 Å². The fraction of sp³-hybridized carbons (Fsp3) is 0.500. The number of aliphatic hydroxyl groups excluding tert-OH is 1. The van der Waals surface area contributed by atoms with E-state index < -0.39 is 5.60 Å². The minimum absolute atomic E-state index is 0. The Bertz CT molecular complexity index is 206. The molecule has 0 heterocycles. The highest BCUT2D eigenvalue weighted by molar-refractivity contribution is 5.12. The van der Waals surface area contributed by atoms with Crippen molar-refractivity contribution in [1.82, 2.24) is 0 Å². The Hall–Kier alpha value is -0.860. The number of aliphatic hydroxyl groups is 2. The van der Waals surface area contributed by atoms with E-state index in [0.29, 0.717) is 0 Å². The quantitative estimate of drug-likeness (QED) is 0.728. The standard InChI is InChI=1S/C7H8O.C4H10O.CH4/c8-6-7-4-2-1-3-5-7;1-4(2,3)5;/h1-5,8H,6H2;5H,1-3H3;1H4. The molecule has 0 aliphatic rings. The number of hydrogen-bond donors (Lipinski definition) is 2. The van der Waals surface area contributed by atoms with Crippen LogP contribution in [-0.4, -0.2) is 15.8 Å². The van der Waals surface area contributed by atoms with Crippen molar-refractivity contribution in [2.75, 3.05) is 0 Å². The lowest BCUT2D eigenvalue weighted by Crippen LogP contribution is -2.10. The zero-order chi connectivity index (χ0) is 10.3. The van der Waals surface area contributed by atoms with Crippen LogP contribution >= 0.6 is 0 Å². The number of rotatable bonds is 1. The Kier molecular flexibility index (Phi) is 8.40.